The summed E-state index contributed by atoms with van der Waals surface area (Å²) in [5.41, 5.74) is 0.805. The van der Waals surface area contributed by atoms with E-state index in [4.69, 9.17) is 0 Å². The summed E-state index contributed by atoms with van der Waals surface area (Å²) in [6.45, 7) is 4.79. The number of hydrogen-bond acceptors (Lipinski definition) is 3. The van der Waals surface area contributed by atoms with Crippen LogP contribution in [0.2, 0.25) is 0 Å². The fourth-order valence-electron chi connectivity index (χ4n) is 3.89. The van der Waals surface area contributed by atoms with Gasteiger partial charge in [-0.05, 0) is 62.4 Å². The Balaban J connectivity index is 1.69. The summed E-state index contributed by atoms with van der Waals surface area (Å²) in [5, 5.41) is 5.89. The van der Waals surface area contributed by atoms with Gasteiger partial charge >= 0.3 is 0 Å². The van der Waals surface area contributed by atoms with E-state index in [1.807, 2.05) is 19.9 Å². The molecule has 1 aliphatic heterocycles. The van der Waals surface area contributed by atoms with Crippen LogP contribution in [0.1, 0.15) is 53.8 Å². The summed E-state index contributed by atoms with van der Waals surface area (Å²) in [5.74, 6) is -1.29. The quantitative estimate of drug-likeness (QED) is 0.694. The van der Waals surface area contributed by atoms with Gasteiger partial charge in [-0.25, -0.2) is 4.39 Å². The van der Waals surface area contributed by atoms with Crippen LogP contribution in [0, 0.1) is 11.7 Å². The lowest BCUT2D eigenvalue weighted by molar-refractivity contribution is -0.125. The number of carbonyl (C=O) groups is 3. The largest absolute Gasteiger partial charge is 0.352 e. The molecule has 32 heavy (non-hydrogen) atoms. The molecule has 0 radical (unpaired) electrons. The number of piperidine rings is 1. The van der Waals surface area contributed by atoms with Crippen molar-refractivity contribution >= 4 is 17.7 Å². The van der Waals surface area contributed by atoms with E-state index in [0.29, 0.717) is 37.1 Å². The highest BCUT2D eigenvalue weighted by molar-refractivity contribution is 5.97. The molecule has 7 heteroatoms. The monoisotopic (exact) mass is 439 g/mol. The summed E-state index contributed by atoms with van der Waals surface area (Å²) in [4.78, 5) is 40.2. The first-order chi connectivity index (χ1) is 15.4. The lowest BCUT2D eigenvalue weighted by Gasteiger charge is -2.36. The molecule has 2 N–H and O–H groups in total. The average Bonchev–Trinajstić information content (AvgIpc) is 2.82. The van der Waals surface area contributed by atoms with Gasteiger partial charge in [-0.3, -0.25) is 14.4 Å². The Morgan fingerprint density at radius 1 is 1.00 bits per heavy atom. The number of rotatable bonds is 7. The minimum atomic E-state index is -0.692. The molecule has 2 aromatic rings. The van der Waals surface area contributed by atoms with Crippen molar-refractivity contribution in [3.8, 4) is 0 Å². The molecule has 2 aromatic carbocycles. The first kappa shape index (κ1) is 23.4. The van der Waals surface area contributed by atoms with E-state index < -0.39 is 11.9 Å². The van der Waals surface area contributed by atoms with Crippen molar-refractivity contribution in [2.75, 3.05) is 13.1 Å². The van der Waals surface area contributed by atoms with E-state index in [2.05, 4.69) is 10.6 Å². The molecular formula is C25H30FN3O3. The molecule has 2 atom stereocenters. The summed E-state index contributed by atoms with van der Waals surface area (Å²) >= 11 is 0. The van der Waals surface area contributed by atoms with Gasteiger partial charge in [-0.2, -0.15) is 0 Å². The molecule has 170 valence electrons. The molecule has 0 spiro atoms. The van der Waals surface area contributed by atoms with Gasteiger partial charge in [-0.1, -0.05) is 31.2 Å². The highest BCUT2D eigenvalue weighted by atomic mass is 19.1. The van der Waals surface area contributed by atoms with Gasteiger partial charge in [-0.15, -0.1) is 0 Å². The van der Waals surface area contributed by atoms with Gasteiger partial charge in [0.1, 0.15) is 11.9 Å². The zero-order valence-corrected chi connectivity index (χ0v) is 18.5. The number of carbonyl (C=O) groups excluding carboxylic acids is 3. The maximum absolute atomic E-state index is 13.5. The Labute approximate surface area is 188 Å². The van der Waals surface area contributed by atoms with Crippen LogP contribution in [0.15, 0.2) is 54.6 Å². The molecule has 3 rings (SSSR count). The molecular weight excluding hydrogens is 409 g/mol. The molecule has 1 saturated heterocycles. The van der Waals surface area contributed by atoms with Crippen molar-refractivity contribution in [1.82, 2.24) is 15.5 Å². The fourth-order valence-corrected chi connectivity index (χ4v) is 3.89. The zero-order valence-electron chi connectivity index (χ0n) is 18.5. The van der Waals surface area contributed by atoms with E-state index in [0.717, 1.165) is 6.42 Å². The van der Waals surface area contributed by atoms with Crippen molar-refractivity contribution in [2.24, 2.45) is 5.92 Å². The van der Waals surface area contributed by atoms with Crippen molar-refractivity contribution in [3.63, 3.8) is 0 Å². The smallest absolute Gasteiger partial charge is 0.253 e. The Bertz CT molecular complexity index is 942. The van der Waals surface area contributed by atoms with Crippen LogP contribution in [-0.4, -0.2) is 47.8 Å². The van der Waals surface area contributed by atoms with Crippen molar-refractivity contribution in [1.29, 1.82) is 0 Å². The predicted octanol–water partition coefficient (Wildman–Crippen LogP) is 3.39. The van der Waals surface area contributed by atoms with Crippen LogP contribution >= 0.6 is 0 Å². The Morgan fingerprint density at radius 3 is 2.28 bits per heavy atom. The number of amides is 3. The van der Waals surface area contributed by atoms with Gasteiger partial charge in [0.15, 0.2) is 0 Å². The molecule has 0 bridgehead atoms. The molecule has 3 amide bonds. The summed E-state index contributed by atoms with van der Waals surface area (Å²) in [6.07, 6.45) is 1.91. The van der Waals surface area contributed by atoms with Crippen molar-refractivity contribution in [2.45, 2.75) is 45.2 Å². The molecule has 0 unspecified atom stereocenters. The molecule has 0 aliphatic carbocycles. The lowest BCUT2D eigenvalue weighted by Crippen LogP contribution is -2.55. The maximum Gasteiger partial charge on any atom is 0.253 e. The van der Waals surface area contributed by atoms with E-state index >= 15 is 0 Å². The average molecular weight is 440 g/mol. The van der Waals surface area contributed by atoms with Crippen LogP contribution in [0.4, 0.5) is 4.39 Å². The standard InChI is InChI=1S/C25H30FN3O3/c1-3-17(2)27-24(31)22(28-23(30)19-8-5-4-6-9-19)18-12-14-29(15-13-18)25(32)20-10-7-11-21(26)16-20/h4-11,16-18,22H,3,12-15H2,1-2H3,(H,27,31)(H,28,30)/t17-,22-/m0/s1. The van der Waals surface area contributed by atoms with Crippen LogP contribution in [0.25, 0.3) is 0 Å². The zero-order chi connectivity index (χ0) is 23.1. The highest BCUT2D eigenvalue weighted by Crippen LogP contribution is 2.23. The SMILES string of the molecule is CC[C@H](C)NC(=O)[C@@H](NC(=O)c1ccccc1)C1CCN(C(=O)c2cccc(F)c2)CC1. The number of likely N-dealkylation sites (tertiary alicyclic amines) is 1. The van der Waals surface area contributed by atoms with Gasteiger partial charge in [0.05, 0.1) is 0 Å². The third-order valence-corrected chi connectivity index (χ3v) is 5.98. The van der Waals surface area contributed by atoms with Crippen LogP contribution < -0.4 is 10.6 Å². The Morgan fingerprint density at radius 2 is 1.66 bits per heavy atom. The van der Waals surface area contributed by atoms with Crippen LogP contribution in [0.5, 0.6) is 0 Å². The van der Waals surface area contributed by atoms with E-state index in [-0.39, 0.29) is 29.7 Å². The summed E-state index contributed by atoms with van der Waals surface area (Å²) in [7, 11) is 0. The Hall–Kier alpha value is -3.22. The fraction of sp³-hybridized carbons (Fsp3) is 0.400. The molecule has 1 aliphatic rings. The summed E-state index contributed by atoms with van der Waals surface area (Å²) < 4.78 is 13.5. The third kappa shape index (κ3) is 5.93. The van der Waals surface area contributed by atoms with E-state index in [1.54, 1.807) is 35.2 Å². The minimum absolute atomic E-state index is 0.00623. The topological polar surface area (TPSA) is 78.5 Å². The van der Waals surface area contributed by atoms with Crippen LogP contribution in [-0.2, 0) is 4.79 Å². The second-order valence-electron chi connectivity index (χ2n) is 8.28. The van der Waals surface area contributed by atoms with Crippen molar-refractivity contribution < 1.29 is 18.8 Å². The molecule has 6 nitrogen and oxygen atoms in total. The van der Waals surface area contributed by atoms with E-state index in [1.165, 1.54) is 18.2 Å². The number of benzene rings is 2. The maximum atomic E-state index is 13.5. The van der Waals surface area contributed by atoms with Crippen molar-refractivity contribution in [3.05, 3.63) is 71.5 Å². The number of hydrogen-bond donors (Lipinski definition) is 2. The third-order valence-electron chi connectivity index (χ3n) is 5.98. The first-order valence-electron chi connectivity index (χ1n) is 11.1. The molecule has 1 heterocycles. The second kappa shape index (κ2) is 10.9. The lowest BCUT2D eigenvalue weighted by atomic mass is 9.88. The van der Waals surface area contributed by atoms with Gasteiger partial charge in [0.25, 0.3) is 11.8 Å². The second-order valence-corrected chi connectivity index (χ2v) is 8.28. The van der Waals surface area contributed by atoms with Crippen LogP contribution in [0.3, 0.4) is 0 Å². The number of halogens is 1. The first-order valence-corrected chi connectivity index (χ1v) is 11.1. The van der Waals surface area contributed by atoms with E-state index in [9.17, 15) is 18.8 Å². The number of nitrogens with zero attached hydrogens (tertiary/aromatic N) is 1. The van der Waals surface area contributed by atoms with Gasteiger partial charge in [0.2, 0.25) is 5.91 Å². The highest BCUT2D eigenvalue weighted by Gasteiger charge is 2.34. The van der Waals surface area contributed by atoms with Gasteiger partial charge in [0, 0.05) is 30.3 Å². The molecule has 1 fully saturated rings. The minimum Gasteiger partial charge on any atom is -0.352 e. The van der Waals surface area contributed by atoms with Gasteiger partial charge < -0.3 is 15.5 Å². The Kier molecular flexibility index (Phi) is 7.98. The number of nitrogens with one attached hydrogen (secondary N) is 2. The predicted molar refractivity (Wildman–Crippen MR) is 121 cm³/mol. The molecule has 0 saturated carbocycles. The normalized spacial score (nSPS) is 16.2. The summed E-state index contributed by atoms with van der Waals surface area (Å²) in [6, 6.07) is 13.8. The molecule has 0 aromatic heterocycles.